The SMILES string of the molecule is Cc1cccc(-c2c(C)nn3c(C)c(C(=O)N4CCN(c5ccc(Cl)cc5)CC4)cnc23)c1. The first kappa shape index (κ1) is 21.5. The van der Waals surface area contributed by atoms with Gasteiger partial charge in [0.15, 0.2) is 5.65 Å². The number of hydrogen-bond donors (Lipinski definition) is 0. The molecule has 0 atom stereocenters. The number of anilines is 1. The summed E-state index contributed by atoms with van der Waals surface area (Å²) in [6.45, 7) is 8.88. The van der Waals surface area contributed by atoms with Crippen LogP contribution in [0.4, 0.5) is 5.69 Å². The highest BCUT2D eigenvalue weighted by Crippen LogP contribution is 2.29. The molecule has 7 heteroatoms. The number of aromatic nitrogens is 3. The van der Waals surface area contributed by atoms with Gasteiger partial charge >= 0.3 is 0 Å². The van der Waals surface area contributed by atoms with Gasteiger partial charge in [-0.2, -0.15) is 5.10 Å². The van der Waals surface area contributed by atoms with Gasteiger partial charge in [0.05, 0.1) is 17.0 Å². The van der Waals surface area contributed by atoms with Crippen molar-refractivity contribution in [2.75, 3.05) is 31.1 Å². The molecule has 3 heterocycles. The normalized spacial score (nSPS) is 14.2. The van der Waals surface area contributed by atoms with Crippen LogP contribution in [0, 0.1) is 20.8 Å². The fourth-order valence-electron chi connectivity index (χ4n) is 4.54. The molecule has 6 nitrogen and oxygen atoms in total. The van der Waals surface area contributed by atoms with E-state index in [0.717, 1.165) is 52.0 Å². The van der Waals surface area contributed by atoms with E-state index in [1.54, 1.807) is 6.20 Å². The highest BCUT2D eigenvalue weighted by atomic mass is 35.5. The fourth-order valence-corrected chi connectivity index (χ4v) is 4.67. The molecule has 0 aliphatic carbocycles. The van der Waals surface area contributed by atoms with Gasteiger partial charge in [-0.25, -0.2) is 9.50 Å². The molecule has 168 valence electrons. The summed E-state index contributed by atoms with van der Waals surface area (Å²) in [4.78, 5) is 22.2. The van der Waals surface area contributed by atoms with Crippen molar-refractivity contribution in [1.29, 1.82) is 0 Å². The monoisotopic (exact) mass is 459 g/mol. The molecule has 5 rings (SSSR count). The maximum absolute atomic E-state index is 13.4. The third kappa shape index (κ3) is 3.95. The molecule has 0 saturated carbocycles. The minimum Gasteiger partial charge on any atom is -0.368 e. The molecule has 1 aliphatic heterocycles. The highest BCUT2D eigenvalue weighted by molar-refractivity contribution is 6.30. The van der Waals surface area contributed by atoms with E-state index in [1.807, 2.05) is 53.6 Å². The van der Waals surface area contributed by atoms with E-state index in [4.69, 9.17) is 16.7 Å². The summed E-state index contributed by atoms with van der Waals surface area (Å²) in [5.74, 6) is 0.00270. The number of nitrogens with zero attached hydrogens (tertiary/aromatic N) is 5. The molecular weight excluding hydrogens is 434 g/mol. The van der Waals surface area contributed by atoms with Crippen molar-refractivity contribution in [2.24, 2.45) is 0 Å². The van der Waals surface area contributed by atoms with Gasteiger partial charge in [0.1, 0.15) is 0 Å². The number of piperazine rings is 1. The number of fused-ring (bicyclic) bond motifs is 1. The smallest absolute Gasteiger partial charge is 0.257 e. The zero-order chi connectivity index (χ0) is 23.1. The van der Waals surface area contributed by atoms with E-state index < -0.39 is 0 Å². The van der Waals surface area contributed by atoms with Gasteiger partial charge in [-0.05, 0) is 50.6 Å². The third-order valence-electron chi connectivity index (χ3n) is 6.36. The highest BCUT2D eigenvalue weighted by Gasteiger charge is 2.25. The maximum atomic E-state index is 13.4. The zero-order valence-electron chi connectivity index (χ0n) is 19.0. The Hall–Kier alpha value is -3.38. The van der Waals surface area contributed by atoms with Crippen molar-refractivity contribution >= 4 is 28.8 Å². The average molecular weight is 460 g/mol. The molecule has 2 aromatic carbocycles. The Bertz CT molecular complexity index is 1340. The average Bonchev–Trinajstić information content (AvgIpc) is 3.16. The van der Waals surface area contributed by atoms with E-state index in [9.17, 15) is 4.79 Å². The summed E-state index contributed by atoms with van der Waals surface area (Å²) in [6, 6.07) is 16.2. The molecule has 2 aromatic heterocycles. The quantitative estimate of drug-likeness (QED) is 0.435. The van der Waals surface area contributed by atoms with E-state index in [1.165, 1.54) is 5.56 Å². The van der Waals surface area contributed by atoms with E-state index >= 15 is 0 Å². The zero-order valence-corrected chi connectivity index (χ0v) is 19.8. The number of halogens is 1. The van der Waals surface area contributed by atoms with Crippen LogP contribution in [0.5, 0.6) is 0 Å². The first-order chi connectivity index (χ1) is 15.9. The third-order valence-corrected chi connectivity index (χ3v) is 6.61. The molecule has 0 N–H and O–H groups in total. The number of benzene rings is 2. The first-order valence-electron chi connectivity index (χ1n) is 11.1. The van der Waals surface area contributed by atoms with E-state index in [2.05, 4.69) is 35.0 Å². The van der Waals surface area contributed by atoms with Crippen LogP contribution in [0.25, 0.3) is 16.8 Å². The minimum atomic E-state index is 0.00270. The van der Waals surface area contributed by atoms with Gasteiger partial charge in [-0.15, -0.1) is 0 Å². The molecule has 4 aromatic rings. The van der Waals surface area contributed by atoms with Gasteiger partial charge in [0, 0.05) is 48.6 Å². The molecule has 1 fully saturated rings. The molecule has 0 unspecified atom stereocenters. The molecule has 0 spiro atoms. The molecule has 1 aliphatic rings. The Kier molecular flexibility index (Phi) is 5.54. The summed E-state index contributed by atoms with van der Waals surface area (Å²) in [6.07, 6.45) is 1.71. The summed E-state index contributed by atoms with van der Waals surface area (Å²) in [5, 5.41) is 5.46. The second kappa shape index (κ2) is 8.52. The first-order valence-corrected chi connectivity index (χ1v) is 11.5. The molecule has 1 saturated heterocycles. The molecule has 1 amide bonds. The number of hydrogen-bond acceptors (Lipinski definition) is 4. The molecule has 0 bridgehead atoms. The fraction of sp³-hybridized carbons (Fsp3) is 0.269. The molecular formula is C26H26ClN5O. The Morgan fingerprint density at radius 2 is 1.70 bits per heavy atom. The Morgan fingerprint density at radius 1 is 0.970 bits per heavy atom. The van der Waals surface area contributed by atoms with Crippen LogP contribution in [0.1, 0.15) is 27.3 Å². The Balaban J connectivity index is 1.39. The van der Waals surface area contributed by atoms with Crippen LogP contribution in [0.15, 0.2) is 54.7 Å². The molecule has 0 radical (unpaired) electrons. The van der Waals surface area contributed by atoms with Crippen molar-refractivity contribution in [3.63, 3.8) is 0 Å². The predicted molar refractivity (Wildman–Crippen MR) is 132 cm³/mol. The molecule has 33 heavy (non-hydrogen) atoms. The van der Waals surface area contributed by atoms with E-state index in [0.29, 0.717) is 18.7 Å². The standard InChI is InChI=1S/C26H26ClN5O/c1-17-5-4-6-20(15-17)24-18(2)29-32-19(3)23(16-28-25(24)32)26(33)31-13-11-30(12-14-31)22-9-7-21(27)8-10-22/h4-10,15-16H,11-14H2,1-3H3. The van der Waals surface area contributed by atoms with Crippen LogP contribution in [0.2, 0.25) is 5.02 Å². The summed E-state index contributed by atoms with van der Waals surface area (Å²) in [7, 11) is 0. The van der Waals surface area contributed by atoms with Gasteiger partial charge in [0.25, 0.3) is 5.91 Å². The van der Waals surface area contributed by atoms with E-state index in [-0.39, 0.29) is 5.91 Å². The van der Waals surface area contributed by atoms with Crippen molar-refractivity contribution < 1.29 is 4.79 Å². The lowest BCUT2D eigenvalue weighted by Gasteiger charge is -2.36. The lowest BCUT2D eigenvalue weighted by atomic mass is 10.0. The number of carbonyl (C=O) groups excluding carboxylic acids is 1. The largest absolute Gasteiger partial charge is 0.368 e. The second-order valence-electron chi connectivity index (χ2n) is 8.58. The van der Waals surface area contributed by atoms with Crippen LogP contribution in [0.3, 0.4) is 0 Å². The number of rotatable bonds is 3. The van der Waals surface area contributed by atoms with Crippen molar-refractivity contribution in [2.45, 2.75) is 20.8 Å². The summed E-state index contributed by atoms with van der Waals surface area (Å²) in [5.41, 5.74) is 7.50. The number of amides is 1. The van der Waals surface area contributed by atoms with Gasteiger partial charge in [-0.1, -0.05) is 41.4 Å². The minimum absolute atomic E-state index is 0.00270. The summed E-state index contributed by atoms with van der Waals surface area (Å²) < 4.78 is 1.81. The Morgan fingerprint density at radius 3 is 2.39 bits per heavy atom. The van der Waals surface area contributed by atoms with Gasteiger partial charge in [-0.3, -0.25) is 4.79 Å². The topological polar surface area (TPSA) is 53.7 Å². The lowest BCUT2D eigenvalue weighted by Crippen LogP contribution is -2.49. The number of aryl methyl sites for hydroxylation is 3. The van der Waals surface area contributed by atoms with Gasteiger partial charge in [0.2, 0.25) is 0 Å². The van der Waals surface area contributed by atoms with Crippen molar-refractivity contribution in [1.82, 2.24) is 19.5 Å². The van der Waals surface area contributed by atoms with Crippen LogP contribution < -0.4 is 4.90 Å². The van der Waals surface area contributed by atoms with Crippen molar-refractivity contribution in [3.05, 3.63) is 82.3 Å². The lowest BCUT2D eigenvalue weighted by molar-refractivity contribution is 0.0745. The van der Waals surface area contributed by atoms with Crippen LogP contribution in [-0.2, 0) is 0 Å². The van der Waals surface area contributed by atoms with Crippen LogP contribution >= 0.6 is 11.6 Å². The Labute approximate surface area is 198 Å². The number of carbonyl (C=O) groups is 1. The van der Waals surface area contributed by atoms with Crippen LogP contribution in [-0.4, -0.2) is 51.6 Å². The predicted octanol–water partition coefficient (Wildman–Crippen LogP) is 4.94. The summed E-state index contributed by atoms with van der Waals surface area (Å²) >= 11 is 6.01. The second-order valence-corrected chi connectivity index (χ2v) is 9.01. The van der Waals surface area contributed by atoms with Gasteiger partial charge < -0.3 is 9.80 Å². The van der Waals surface area contributed by atoms with Crippen molar-refractivity contribution in [3.8, 4) is 11.1 Å². The maximum Gasteiger partial charge on any atom is 0.257 e.